The number of carbonyl (C=O) groups excluding carboxylic acids is 1. The molecule has 0 amide bonds. The van der Waals surface area contributed by atoms with Gasteiger partial charge in [0.15, 0.2) is 0 Å². The summed E-state index contributed by atoms with van der Waals surface area (Å²) in [5, 5.41) is 9.54. The van der Waals surface area contributed by atoms with Crippen LogP contribution in [0.2, 0.25) is 0 Å². The number of nitrogens with zero attached hydrogens (tertiary/aromatic N) is 1. The van der Waals surface area contributed by atoms with Crippen molar-refractivity contribution < 1.29 is 14.6 Å². The van der Waals surface area contributed by atoms with Crippen LogP contribution in [0, 0.1) is 5.92 Å². The van der Waals surface area contributed by atoms with E-state index < -0.39 is 0 Å². The molecular formula is C22H43NO3. The van der Waals surface area contributed by atoms with Crippen molar-refractivity contribution in [1.29, 1.82) is 0 Å². The fourth-order valence-electron chi connectivity index (χ4n) is 4.90. The molecule has 1 rings (SSSR count). The third-order valence-electron chi connectivity index (χ3n) is 6.39. The zero-order valence-electron chi connectivity index (χ0n) is 18.0. The van der Waals surface area contributed by atoms with Crippen molar-refractivity contribution in [3.8, 4) is 0 Å². The summed E-state index contributed by atoms with van der Waals surface area (Å²) < 4.78 is 5.65. The van der Waals surface area contributed by atoms with Gasteiger partial charge in [0.2, 0.25) is 0 Å². The number of aliphatic hydroxyl groups excluding tert-OH is 1. The minimum atomic E-state index is -0.100. The maximum Gasteiger partial charge on any atom is 0.309 e. The number of aliphatic hydroxyl groups is 1. The number of unbranched alkanes of at least 4 members (excludes halogenated alkanes) is 5. The summed E-state index contributed by atoms with van der Waals surface area (Å²) in [6, 6.07) is 0. The van der Waals surface area contributed by atoms with Gasteiger partial charge in [-0.2, -0.15) is 0 Å². The standard InChI is InChI=1S/C22H43NO3/c1-6-9-10-11-12-13-16-26-20(25)19-17-21(4,5)23(14-15-24)22(7-2,8-3)18-19/h19,24H,6-18H2,1-5H3. The summed E-state index contributed by atoms with van der Waals surface area (Å²) >= 11 is 0. The molecule has 1 aliphatic heterocycles. The smallest absolute Gasteiger partial charge is 0.309 e. The highest BCUT2D eigenvalue weighted by Crippen LogP contribution is 2.45. The van der Waals surface area contributed by atoms with Crippen molar-refractivity contribution in [2.75, 3.05) is 19.8 Å². The van der Waals surface area contributed by atoms with Crippen molar-refractivity contribution >= 4 is 5.97 Å². The topological polar surface area (TPSA) is 49.8 Å². The van der Waals surface area contributed by atoms with Crippen molar-refractivity contribution in [2.45, 2.75) is 110 Å². The van der Waals surface area contributed by atoms with Crippen LogP contribution in [0.5, 0.6) is 0 Å². The summed E-state index contributed by atoms with van der Waals surface area (Å²) in [5.74, 6) is -0.0403. The molecule has 154 valence electrons. The average molecular weight is 370 g/mol. The molecule has 1 aliphatic rings. The molecule has 1 fully saturated rings. The highest BCUT2D eigenvalue weighted by molar-refractivity contribution is 5.73. The van der Waals surface area contributed by atoms with Gasteiger partial charge >= 0.3 is 5.97 Å². The van der Waals surface area contributed by atoms with Gasteiger partial charge in [-0.25, -0.2) is 0 Å². The Bertz CT molecular complexity index is 404. The molecular weight excluding hydrogens is 326 g/mol. The Hall–Kier alpha value is -0.610. The van der Waals surface area contributed by atoms with Crippen molar-refractivity contribution in [1.82, 2.24) is 4.90 Å². The van der Waals surface area contributed by atoms with Crippen LogP contribution < -0.4 is 0 Å². The second-order valence-electron chi connectivity index (χ2n) is 8.66. The number of hydrogen-bond acceptors (Lipinski definition) is 4. The molecule has 4 nitrogen and oxygen atoms in total. The molecule has 0 aromatic rings. The van der Waals surface area contributed by atoms with Crippen molar-refractivity contribution in [3.05, 3.63) is 0 Å². The van der Waals surface area contributed by atoms with Gasteiger partial charge in [-0.1, -0.05) is 52.9 Å². The highest BCUT2D eigenvalue weighted by Gasteiger charge is 2.50. The summed E-state index contributed by atoms with van der Waals surface area (Å²) in [6.07, 6.45) is 10.9. The predicted octanol–water partition coefficient (Wildman–Crippen LogP) is 4.93. The lowest BCUT2D eigenvalue weighted by atomic mass is 9.70. The van der Waals surface area contributed by atoms with Gasteiger partial charge in [-0.05, 0) is 46.0 Å². The van der Waals surface area contributed by atoms with Crippen LogP contribution >= 0.6 is 0 Å². The normalized spacial score (nSPS) is 22.3. The monoisotopic (exact) mass is 369 g/mol. The number of rotatable bonds is 12. The summed E-state index contributed by atoms with van der Waals surface area (Å²) in [7, 11) is 0. The Morgan fingerprint density at radius 1 is 1.04 bits per heavy atom. The van der Waals surface area contributed by atoms with E-state index in [1.807, 2.05) is 0 Å². The number of carbonyl (C=O) groups is 1. The van der Waals surface area contributed by atoms with E-state index in [4.69, 9.17) is 4.74 Å². The molecule has 0 aromatic heterocycles. The van der Waals surface area contributed by atoms with E-state index in [1.54, 1.807) is 0 Å². The van der Waals surface area contributed by atoms with E-state index in [-0.39, 0.29) is 29.6 Å². The number of esters is 1. The van der Waals surface area contributed by atoms with Gasteiger partial charge in [0.25, 0.3) is 0 Å². The Balaban J connectivity index is 2.60. The molecule has 0 aromatic carbocycles. The average Bonchev–Trinajstić information content (AvgIpc) is 2.62. The number of piperidine rings is 1. The van der Waals surface area contributed by atoms with Crippen molar-refractivity contribution in [3.63, 3.8) is 0 Å². The Labute approximate surface area is 161 Å². The van der Waals surface area contributed by atoms with E-state index in [2.05, 4.69) is 39.5 Å². The van der Waals surface area contributed by atoms with E-state index in [0.29, 0.717) is 13.2 Å². The molecule has 1 N–H and O–H groups in total. The molecule has 1 unspecified atom stereocenters. The second-order valence-corrected chi connectivity index (χ2v) is 8.66. The lowest BCUT2D eigenvalue weighted by molar-refractivity contribution is -0.159. The molecule has 4 heteroatoms. The predicted molar refractivity (Wildman–Crippen MR) is 108 cm³/mol. The Morgan fingerprint density at radius 3 is 2.23 bits per heavy atom. The van der Waals surface area contributed by atoms with Crippen LogP contribution in [0.3, 0.4) is 0 Å². The maximum atomic E-state index is 12.7. The number of hydrogen-bond donors (Lipinski definition) is 1. The number of ether oxygens (including phenoxy) is 1. The SMILES string of the molecule is CCCCCCCCOC(=O)C1CC(C)(C)N(CCO)C(CC)(CC)C1. The second kappa shape index (κ2) is 11.3. The fourth-order valence-corrected chi connectivity index (χ4v) is 4.90. The van der Waals surface area contributed by atoms with Gasteiger partial charge in [0.1, 0.15) is 0 Å². The van der Waals surface area contributed by atoms with Gasteiger partial charge < -0.3 is 9.84 Å². The maximum absolute atomic E-state index is 12.7. The molecule has 1 saturated heterocycles. The summed E-state index contributed by atoms with van der Waals surface area (Å²) in [5.41, 5.74) is -0.120. The summed E-state index contributed by atoms with van der Waals surface area (Å²) in [4.78, 5) is 15.2. The first kappa shape index (κ1) is 23.4. The van der Waals surface area contributed by atoms with E-state index >= 15 is 0 Å². The summed E-state index contributed by atoms with van der Waals surface area (Å²) in [6.45, 7) is 12.4. The molecule has 26 heavy (non-hydrogen) atoms. The van der Waals surface area contributed by atoms with E-state index in [1.165, 1.54) is 25.7 Å². The number of likely N-dealkylation sites (tertiary alicyclic amines) is 1. The third-order valence-corrected chi connectivity index (χ3v) is 6.39. The van der Waals surface area contributed by atoms with Crippen LogP contribution in [0.15, 0.2) is 0 Å². The highest BCUT2D eigenvalue weighted by atomic mass is 16.5. The first-order valence-electron chi connectivity index (χ1n) is 10.9. The zero-order valence-corrected chi connectivity index (χ0v) is 18.0. The minimum Gasteiger partial charge on any atom is -0.465 e. The Kier molecular flexibility index (Phi) is 10.2. The van der Waals surface area contributed by atoms with E-state index in [0.717, 1.165) is 38.5 Å². The van der Waals surface area contributed by atoms with Gasteiger partial charge in [-0.15, -0.1) is 0 Å². The van der Waals surface area contributed by atoms with Gasteiger partial charge in [-0.3, -0.25) is 9.69 Å². The molecule has 1 atom stereocenters. The lowest BCUT2D eigenvalue weighted by Gasteiger charge is -2.57. The van der Waals surface area contributed by atoms with Crippen LogP contribution in [-0.2, 0) is 9.53 Å². The molecule has 0 radical (unpaired) electrons. The van der Waals surface area contributed by atoms with Crippen LogP contribution in [-0.4, -0.2) is 46.8 Å². The molecule has 0 spiro atoms. The molecule has 0 bridgehead atoms. The largest absolute Gasteiger partial charge is 0.465 e. The van der Waals surface area contributed by atoms with Crippen LogP contribution in [0.4, 0.5) is 0 Å². The quantitative estimate of drug-likeness (QED) is 0.391. The van der Waals surface area contributed by atoms with Crippen LogP contribution in [0.25, 0.3) is 0 Å². The third kappa shape index (κ3) is 6.23. The first-order valence-corrected chi connectivity index (χ1v) is 10.9. The minimum absolute atomic E-state index is 0.0124. The molecule has 0 aliphatic carbocycles. The Morgan fingerprint density at radius 2 is 1.65 bits per heavy atom. The fraction of sp³-hybridized carbons (Fsp3) is 0.955. The van der Waals surface area contributed by atoms with Gasteiger partial charge in [0, 0.05) is 17.6 Å². The van der Waals surface area contributed by atoms with Crippen molar-refractivity contribution in [2.24, 2.45) is 5.92 Å². The molecule has 1 heterocycles. The van der Waals surface area contributed by atoms with Crippen LogP contribution in [0.1, 0.15) is 98.8 Å². The van der Waals surface area contributed by atoms with Gasteiger partial charge in [0.05, 0.1) is 19.1 Å². The number of β-amino-alcohol motifs (C(OH)–C–C–N with tert-alkyl or cyclic N) is 1. The zero-order chi connectivity index (χ0) is 19.6. The molecule has 0 saturated carbocycles. The van der Waals surface area contributed by atoms with E-state index in [9.17, 15) is 9.90 Å². The lowest BCUT2D eigenvalue weighted by Crippen LogP contribution is -2.64. The first-order chi connectivity index (χ1) is 12.4.